The van der Waals surface area contributed by atoms with Crippen LogP contribution in [0.5, 0.6) is 11.5 Å². The number of allylic oxidation sites excluding steroid dienone is 1. The number of carbonyl (C=O) groups excluding carboxylic acids is 1. The van der Waals surface area contributed by atoms with Crippen LogP contribution in [-0.2, 0) is 16.1 Å². The topological polar surface area (TPSA) is 79.1 Å². The Morgan fingerprint density at radius 2 is 1.90 bits per heavy atom. The lowest BCUT2D eigenvalue weighted by atomic mass is 9.96. The van der Waals surface area contributed by atoms with Crippen LogP contribution >= 0.6 is 27.3 Å². The van der Waals surface area contributed by atoms with E-state index in [1.165, 1.54) is 22.0 Å². The standard InChI is InChI=1S/C31H26BrFN2O5S/c1-4-39-30(37)27-18(2)34-31-35(28(27)20-11-14-25(38-3)23(32)16-20)29(36)26(41-31)15-19-9-12-22(13-10-19)40-17-21-7-5-6-8-24(21)33/h5-16,28H,4,17H2,1-3H3/b26-15+/t28-/m0/s1. The molecule has 0 spiro atoms. The lowest BCUT2D eigenvalue weighted by Gasteiger charge is -2.25. The maximum absolute atomic E-state index is 13.9. The Hall–Kier alpha value is -4.02. The van der Waals surface area contributed by atoms with Crippen molar-refractivity contribution in [1.82, 2.24) is 4.57 Å². The first-order chi connectivity index (χ1) is 19.8. The molecule has 0 bridgehead atoms. The van der Waals surface area contributed by atoms with Crippen molar-refractivity contribution in [1.29, 1.82) is 0 Å². The Morgan fingerprint density at radius 3 is 2.59 bits per heavy atom. The Kier molecular flexibility index (Phi) is 8.51. The second kappa shape index (κ2) is 12.2. The first-order valence-electron chi connectivity index (χ1n) is 12.8. The van der Waals surface area contributed by atoms with Gasteiger partial charge in [-0.3, -0.25) is 9.36 Å². The molecule has 0 unspecified atom stereocenters. The predicted octanol–water partition coefficient (Wildman–Crippen LogP) is 5.29. The van der Waals surface area contributed by atoms with Gasteiger partial charge in [0, 0.05) is 5.56 Å². The highest BCUT2D eigenvalue weighted by Crippen LogP contribution is 2.35. The molecule has 1 atom stereocenters. The summed E-state index contributed by atoms with van der Waals surface area (Å²) in [6, 6.07) is 18.3. The monoisotopic (exact) mass is 636 g/mol. The van der Waals surface area contributed by atoms with Gasteiger partial charge in [0.15, 0.2) is 4.80 Å². The van der Waals surface area contributed by atoms with E-state index in [-0.39, 0.29) is 24.6 Å². The molecular weight excluding hydrogens is 611 g/mol. The number of hydrogen-bond donors (Lipinski definition) is 0. The highest BCUT2D eigenvalue weighted by Gasteiger charge is 2.33. The summed E-state index contributed by atoms with van der Waals surface area (Å²) in [6.07, 6.45) is 1.77. The summed E-state index contributed by atoms with van der Waals surface area (Å²) >= 11 is 4.76. The summed E-state index contributed by atoms with van der Waals surface area (Å²) in [5, 5.41) is 0. The number of benzene rings is 3. The molecule has 4 aromatic rings. The second-order valence-electron chi connectivity index (χ2n) is 9.15. The number of rotatable bonds is 8. The number of nitrogens with zero attached hydrogens (tertiary/aromatic N) is 2. The van der Waals surface area contributed by atoms with Gasteiger partial charge in [0.2, 0.25) is 0 Å². The maximum atomic E-state index is 13.9. The van der Waals surface area contributed by atoms with E-state index in [0.29, 0.717) is 47.7 Å². The van der Waals surface area contributed by atoms with Crippen LogP contribution in [0.15, 0.2) is 92.3 Å². The number of hydrogen-bond acceptors (Lipinski definition) is 7. The molecule has 1 aromatic heterocycles. The van der Waals surface area contributed by atoms with E-state index in [9.17, 15) is 14.0 Å². The third kappa shape index (κ3) is 5.89. The van der Waals surface area contributed by atoms with Crippen LogP contribution in [0.4, 0.5) is 4.39 Å². The zero-order valence-corrected chi connectivity index (χ0v) is 24.9. The Morgan fingerprint density at radius 1 is 1.15 bits per heavy atom. The highest BCUT2D eigenvalue weighted by molar-refractivity contribution is 9.10. The Labute approximate surface area is 248 Å². The third-order valence-corrected chi connectivity index (χ3v) is 8.14. The van der Waals surface area contributed by atoms with Gasteiger partial charge >= 0.3 is 5.97 Å². The van der Waals surface area contributed by atoms with E-state index in [2.05, 4.69) is 20.9 Å². The lowest BCUT2D eigenvalue weighted by Crippen LogP contribution is -2.39. The molecule has 0 saturated carbocycles. The molecule has 3 aromatic carbocycles. The van der Waals surface area contributed by atoms with Crippen molar-refractivity contribution in [2.24, 2.45) is 4.99 Å². The molecule has 10 heteroatoms. The number of aromatic nitrogens is 1. The van der Waals surface area contributed by atoms with Gasteiger partial charge in [-0.1, -0.05) is 47.7 Å². The first kappa shape index (κ1) is 28.5. The summed E-state index contributed by atoms with van der Waals surface area (Å²) in [6.45, 7) is 3.78. The second-order valence-corrected chi connectivity index (χ2v) is 11.0. The van der Waals surface area contributed by atoms with Crippen LogP contribution in [0.3, 0.4) is 0 Å². The molecule has 5 rings (SSSR count). The molecule has 0 N–H and O–H groups in total. The van der Waals surface area contributed by atoms with Gasteiger partial charge in [-0.2, -0.15) is 0 Å². The van der Waals surface area contributed by atoms with E-state index in [0.717, 1.165) is 5.56 Å². The van der Waals surface area contributed by atoms with Crippen molar-refractivity contribution in [3.8, 4) is 11.5 Å². The summed E-state index contributed by atoms with van der Waals surface area (Å²) in [4.78, 5) is 32.0. The van der Waals surface area contributed by atoms with E-state index < -0.39 is 12.0 Å². The van der Waals surface area contributed by atoms with Crippen molar-refractivity contribution < 1.29 is 23.4 Å². The van der Waals surface area contributed by atoms with Crippen LogP contribution in [0.2, 0.25) is 0 Å². The summed E-state index contributed by atoms with van der Waals surface area (Å²) in [5.41, 5.74) is 2.47. The quantitative estimate of drug-likeness (QED) is 0.246. The molecule has 0 aliphatic carbocycles. The molecule has 0 fully saturated rings. The Balaban J connectivity index is 1.52. The van der Waals surface area contributed by atoms with E-state index in [4.69, 9.17) is 14.2 Å². The maximum Gasteiger partial charge on any atom is 0.338 e. The van der Waals surface area contributed by atoms with Gasteiger partial charge < -0.3 is 14.2 Å². The molecule has 210 valence electrons. The average Bonchev–Trinajstić information content (AvgIpc) is 3.26. The van der Waals surface area contributed by atoms with Crippen LogP contribution in [0.25, 0.3) is 6.08 Å². The number of fused-ring (bicyclic) bond motifs is 1. The highest BCUT2D eigenvalue weighted by atomic mass is 79.9. The normalized spacial score (nSPS) is 14.9. The predicted molar refractivity (Wildman–Crippen MR) is 158 cm³/mol. The molecule has 0 amide bonds. The number of methoxy groups -OCH3 is 1. The van der Waals surface area contributed by atoms with Gasteiger partial charge in [-0.05, 0) is 77.3 Å². The molecule has 7 nitrogen and oxygen atoms in total. The Bertz CT molecular complexity index is 1830. The van der Waals surface area contributed by atoms with Crippen molar-refractivity contribution in [2.45, 2.75) is 26.5 Å². The molecule has 0 radical (unpaired) electrons. The van der Waals surface area contributed by atoms with Gasteiger partial charge in [0.25, 0.3) is 5.56 Å². The summed E-state index contributed by atoms with van der Waals surface area (Å²) in [5.74, 6) is 0.361. The molecule has 0 saturated heterocycles. The van der Waals surface area contributed by atoms with Crippen molar-refractivity contribution in [3.05, 3.63) is 125 Å². The zero-order chi connectivity index (χ0) is 29.1. The van der Waals surface area contributed by atoms with Crippen LogP contribution in [0, 0.1) is 5.82 Å². The van der Waals surface area contributed by atoms with Gasteiger partial charge in [-0.15, -0.1) is 0 Å². The molecule has 2 heterocycles. The van der Waals surface area contributed by atoms with Gasteiger partial charge in [0.1, 0.15) is 23.9 Å². The lowest BCUT2D eigenvalue weighted by molar-refractivity contribution is -0.139. The van der Waals surface area contributed by atoms with Crippen LogP contribution in [0.1, 0.15) is 36.6 Å². The van der Waals surface area contributed by atoms with E-state index in [1.807, 2.05) is 24.3 Å². The van der Waals surface area contributed by atoms with Crippen LogP contribution in [-0.4, -0.2) is 24.3 Å². The summed E-state index contributed by atoms with van der Waals surface area (Å²) < 4.78 is 33.0. The minimum atomic E-state index is -0.733. The number of halogens is 2. The smallest absolute Gasteiger partial charge is 0.338 e. The molecule has 1 aliphatic heterocycles. The zero-order valence-electron chi connectivity index (χ0n) is 22.5. The average molecular weight is 638 g/mol. The van der Waals surface area contributed by atoms with E-state index in [1.54, 1.807) is 63.4 Å². The van der Waals surface area contributed by atoms with Crippen LogP contribution < -0.4 is 24.4 Å². The van der Waals surface area contributed by atoms with Crippen molar-refractivity contribution >= 4 is 39.3 Å². The number of ether oxygens (including phenoxy) is 3. The minimum absolute atomic E-state index is 0.105. The fraction of sp³-hybridized carbons (Fsp3) is 0.194. The van der Waals surface area contributed by atoms with Crippen molar-refractivity contribution in [3.63, 3.8) is 0 Å². The number of thiazole rings is 1. The molecule has 41 heavy (non-hydrogen) atoms. The largest absolute Gasteiger partial charge is 0.496 e. The van der Waals surface area contributed by atoms with Gasteiger partial charge in [0.05, 0.1) is 40.0 Å². The molecular formula is C31H26BrFN2O5S. The minimum Gasteiger partial charge on any atom is -0.496 e. The van der Waals surface area contributed by atoms with Gasteiger partial charge in [-0.25, -0.2) is 14.2 Å². The first-order valence-corrected chi connectivity index (χ1v) is 14.4. The number of carbonyl (C=O) groups is 1. The SMILES string of the molecule is CCOC(=O)C1=C(C)N=c2s/c(=C/c3ccc(OCc4ccccc4F)cc3)c(=O)n2[C@H]1c1ccc(OC)c(Br)c1. The fourth-order valence-electron chi connectivity index (χ4n) is 4.55. The third-order valence-electron chi connectivity index (χ3n) is 6.54. The molecule has 1 aliphatic rings. The number of esters is 1. The van der Waals surface area contributed by atoms with E-state index >= 15 is 0 Å². The van der Waals surface area contributed by atoms with Crippen molar-refractivity contribution in [2.75, 3.05) is 13.7 Å². The summed E-state index contributed by atoms with van der Waals surface area (Å²) in [7, 11) is 1.57. The fourth-order valence-corrected chi connectivity index (χ4v) is 6.15.